The van der Waals surface area contributed by atoms with Crippen LogP contribution >= 0.6 is 11.3 Å². The Morgan fingerprint density at radius 1 is 1.56 bits per heavy atom. The van der Waals surface area contributed by atoms with Gasteiger partial charge in [0, 0.05) is 13.0 Å². The number of thiazole rings is 1. The molecule has 1 saturated heterocycles. The Bertz CT molecular complexity index is 567. The van der Waals surface area contributed by atoms with Gasteiger partial charge in [-0.2, -0.15) is 0 Å². The molecule has 0 unspecified atom stereocenters. The molecule has 0 saturated carbocycles. The van der Waals surface area contributed by atoms with Crippen molar-refractivity contribution in [2.75, 3.05) is 13.2 Å². The highest BCUT2D eigenvalue weighted by molar-refractivity contribution is 7.17. The minimum Gasteiger partial charge on any atom is -0.492 e. The van der Waals surface area contributed by atoms with Crippen LogP contribution in [0.5, 0.6) is 5.75 Å². The molecule has 0 bridgehead atoms. The van der Waals surface area contributed by atoms with Crippen molar-refractivity contribution in [1.29, 1.82) is 0 Å². The Hall–Kier alpha value is -1.62. The largest absolute Gasteiger partial charge is 0.492 e. The third-order valence-corrected chi connectivity index (χ3v) is 3.96. The fourth-order valence-electron chi connectivity index (χ4n) is 2.12. The van der Waals surface area contributed by atoms with Gasteiger partial charge in [-0.15, -0.1) is 11.3 Å². The van der Waals surface area contributed by atoms with Crippen LogP contribution in [0.2, 0.25) is 0 Å². The molecule has 5 heteroatoms. The molecular formula is C13H13N2O2S. The highest BCUT2D eigenvalue weighted by Crippen LogP contribution is 2.28. The van der Waals surface area contributed by atoms with E-state index < -0.39 is 0 Å². The van der Waals surface area contributed by atoms with Gasteiger partial charge < -0.3 is 10.1 Å². The van der Waals surface area contributed by atoms with Crippen molar-refractivity contribution >= 4 is 27.5 Å². The summed E-state index contributed by atoms with van der Waals surface area (Å²) in [4.78, 5) is 15.3. The van der Waals surface area contributed by atoms with Crippen LogP contribution in [-0.2, 0) is 4.79 Å². The second-order valence-corrected chi connectivity index (χ2v) is 5.25. The molecule has 1 N–H and O–H groups in total. The van der Waals surface area contributed by atoms with Crippen LogP contribution < -0.4 is 10.1 Å². The fraction of sp³-hybridized carbons (Fsp3) is 0.385. The lowest BCUT2D eigenvalue weighted by Crippen LogP contribution is -2.14. The minimum absolute atomic E-state index is 0.151. The molecule has 0 spiro atoms. The van der Waals surface area contributed by atoms with Crippen molar-refractivity contribution in [1.82, 2.24) is 10.3 Å². The molecular weight excluding hydrogens is 248 g/mol. The molecule has 2 aromatic rings. The van der Waals surface area contributed by atoms with E-state index in [4.69, 9.17) is 4.74 Å². The van der Waals surface area contributed by atoms with Crippen molar-refractivity contribution in [3.05, 3.63) is 23.7 Å². The molecule has 4 nitrogen and oxygen atoms in total. The summed E-state index contributed by atoms with van der Waals surface area (Å²) in [7, 11) is 0. The van der Waals surface area contributed by atoms with Gasteiger partial charge in [0.05, 0.1) is 22.3 Å². The van der Waals surface area contributed by atoms with Crippen LogP contribution in [0.4, 0.5) is 0 Å². The highest BCUT2D eigenvalue weighted by atomic mass is 32.1. The molecule has 18 heavy (non-hydrogen) atoms. The summed E-state index contributed by atoms with van der Waals surface area (Å²) >= 11 is 1.57. The first kappa shape index (κ1) is 11.5. The van der Waals surface area contributed by atoms with Crippen LogP contribution in [0.3, 0.4) is 0 Å². The second kappa shape index (κ2) is 4.94. The van der Waals surface area contributed by atoms with Crippen molar-refractivity contribution in [3.63, 3.8) is 0 Å². The summed E-state index contributed by atoms with van der Waals surface area (Å²) in [5.41, 5.74) is 2.74. The van der Waals surface area contributed by atoms with E-state index in [0.717, 1.165) is 28.9 Å². The maximum absolute atomic E-state index is 11.1. The molecule has 1 amide bonds. The zero-order valence-corrected chi connectivity index (χ0v) is 10.6. The van der Waals surface area contributed by atoms with E-state index in [0.29, 0.717) is 18.9 Å². The van der Waals surface area contributed by atoms with Crippen LogP contribution in [0.25, 0.3) is 10.2 Å². The molecule has 3 rings (SSSR count). The van der Waals surface area contributed by atoms with Gasteiger partial charge in [-0.1, -0.05) is 0 Å². The lowest BCUT2D eigenvalue weighted by Gasteiger charge is -2.09. The number of rotatable bonds is 4. The first-order valence-corrected chi connectivity index (χ1v) is 6.83. The normalized spacial score (nSPS) is 19.1. The quantitative estimate of drug-likeness (QED) is 0.916. The van der Waals surface area contributed by atoms with Gasteiger partial charge in [0.2, 0.25) is 5.91 Å². The van der Waals surface area contributed by atoms with Crippen molar-refractivity contribution in [2.24, 2.45) is 5.92 Å². The summed E-state index contributed by atoms with van der Waals surface area (Å²) in [6, 6.07) is 6.73. The van der Waals surface area contributed by atoms with Crippen molar-refractivity contribution < 1.29 is 9.53 Å². The monoisotopic (exact) mass is 261 g/mol. The smallest absolute Gasteiger partial charge is 0.220 e. The van der Waals surface area contributed by atoms with E-state index >= 15 is 0 Å². The lowest BCUT2D eigenvalue weighted by atomic mass is 10.1. The number of aromatic nitrogens is 1. The lowest BCUT2D eigenvalue weighted by molar-refractivity contribution is -0.119. The number of hydrogen-bond acceptors (Lipinski definition) is 4. The van der Waals surface area contributed by atoms with Gasteiger partial charge in [0.25, 0.3) is 0 Å². The van der Waals surface area contributed by atoms with Crippen LogP contribution in [0.1, 0.15) is 12.8 Å². The topological polar surface area (TPSA) is 51.2 Å². The molecule has 1 atom stereocenters. The van der Waals surface area contributed by atoms with Gasteiger partial charge in [-0.05, 0) is 30.5 Å². The molecule has 0 aliphatic carbocycles. The predicted octanol–water partition coefficient (Wildman–Crippen LogP) is 2.00. The summed E-state index contributed by atoms with van der Waals surface area (Å²) in [6.45, 7) is 1.41. The molecule has 2 heterocycles. The SMILES string of the molecule is O=C1C[C@@H](CCOc2c[c]cc3ncsc23)CN1. The van der Waals surface area contributed by atoms with E-state index in [2.05, 4.69) is 16.4 Å². The maximum atomic E-state index is 11.1. The Balaban J connectivity index is 1.60. The van der Waals surface area contributed by atoms with E-state index in [1.54, 1.807) is 11.3 Å². The molecule has 1 aliphatic heterocycles. The molecule has 93 valence electrons. The number of hydrogen-bond donors (Lipinski definition) is 1. The zero-order chi connectivity index (χ0) is 12.4. The summed E-state index contributed by atoms with van der Waals surface area (Å²) in [5.74, 6) is 1.40. The molecule has 1 radical (unpaired) electrons. The third-order valence-electron chi connectivity index (χ3n) is 3.10. The van der Waals surface area contributed by atoms with E-state index in [9.17, 15) is 4.79 Å². The minimum atomic E-state index is 0.151. The van der Waals surface area contributed by atoms with Crippen molar-refractivity contribution in [2.45, 2.75) is 12.8 Å². The van der Waals surface area contributed by atoms with Crippen molar-refractivity contribution in [3.8, 4) is 5.75 Å². The standard InChI is InChI=1S/C13H13N2O2S/c16-12-6-9(7-14-12)4-5-17-11-3-1-2-10-13(11)18-8-15-10/h2-3,8-9H,4-7H2,(H,14,16)/t9-/m1/s1. The maximum Gasteiger partial charge on any atom is 0.220 e. The highest BCUT2D eigenvalue weighted by Gasteiger charge is 2.21. The van der Waals surface area contributed by atoms with E-state index in [-0.39, 0.29) is 5.91 Å². The van der Waals surface area contributed by atoms with E-state index in [1.807, 2.05) is 17.6 Å². The number of nitrogens with zero attached hydrogens (tertiary/aromatic N) is 1. The Morgan fingerprint density at radius 3 is 3.33 bits per heavy atom. The number of benzene rings is 1. The van der Waals surface area contributed by atoms with Crippen LogP contribution in [-0.4, -0.2) is 24.0 Å². The molecule has 1 aromatic carbocycles. The number of fused-ring (bicyclic) bond motifs is 1. The summed E-state index contributed by atoms with van der Waals surface area (Å²) < 4.78 is 6.84. The first-order chi connectivity index (χ1) is 8.83. The number of carbonyl (C=O) groups is 1. The van der Waals surface area contributed by atoms with Gasteiger partial charge in [0.15, 0.2) is 0 Å². The van der Waals surface area contributed by atoms with E-state index in [1.165, 1.54) is 0 Å². The molecule has 1 fully saturated rings. The summed E-state index contributed by atoms with van der Waals surface area (Å²) in [6.07, 6.45) is 1.52. The Kier molecular flexibility index (Phi) is 3.15. The average molecular weight is 261 g/mol. The third kappa shape index (κ3) is 2.31. The zero-order valence-electron chi connectivity index (χ0n) is 9.81. The average Bonchev–Trinajstić information content (AvgIpc) is 2.98. The number of ether oxygens (including phenoxy) is 1. The molecule has 1 aromatic heterocycles. The summed E-state index contributed by atoms with van der Waals surface area (Å²) in [5, 5.41) is 2.84. The number of nitrogens with one attached hydrogen (secondary N) is 1. The van der Waals surface area contributed by atoms with Gasteiger partial charge in [-0.25, -0.2) is 4.98 Å². The number of amides is 1. The van der Waals surface area contributed by atoms with Crippen LogP contribution in [0, 0.1) is 12.0 Å². The first-order valence-electron chi connectivity index (χ1n) is 5.96. The molecule has 1 aliphatic rings. The second-order valence-electron chi connectivity index (χ2n) is 4.40. The van der Waals surface area contributed by atoms with Gasteiger partial charge in [-0.3, -0.25) is 4.79 Å². The van der Waals surface area contributed by atoms with Gasteiger partial charge >= 0.3 is 0 Å². The van der Waals surface area contributed by atoms with Gasteiger partial charge in [0.1, 0.15) is 5.75 Å². The van der Waals surface area contributed by atoms with Crippen LogP contribution in [0.15, 0.2) is 17.6 Å². The fourth-order valence-corrected chi connectivity index (χ4v) is 2.85. The Labute approximate surface area is 109 Å². The predicted molar refractivity (Wildman–Crippen MR) is 69.7 cm³/mol. The number of carbonyl (C=O) groups excluding carboxylic acids is 1. The Morgan fingerprint density at radius 2 is 2.50 bits per heavy atom.